The highest BCUT2D eigenvalue weighted by molar-refractivity contribution is 5.77. The third kappa shape index (κ3) is 3.83. The highest BCUT2D eigenvalue weighted by atomic mass is 16.5. The van der Waals surface area contributed by atoms with Crippen molar-refractivity contribution in [2.24, 2.45) is 5.92 Å². The summed E-state index contributed by atoms with van der Waals surface area (Å²) >= 11 is 0. The fourth-order valence-electron chi connectivity index (χ4n) is 4.47. The van der Waals surface area contributed by atoms with Crippen LogP contribution in [-0.2, 0) is 17.8 Å². The van der Waals surface area contributed by atoms with Gasteiger partial charge in [-0.3, -0.25) is 9.69 Å². The zero-order valence-electron chi connectivity index (χ0n) is 15.4. The number of hydrogen-bond donors (Lipinski definition) is 0. The van der Waals surface area contributed by atoms with Crippen LogP contribution in [0.15, 0.2) is 40.9 Å². The van der Waals surface area contributed by atoms with Gasteiger partial charge in [-0.2, -0.15) is 0 Å². The highest BCUT2D eigenvalue weighted by Crippen LogP contribution is 2.32. The molecule has 1 amide bonds. The van der Waals surface area contributed by atoms with E-state index in [1.165, 1.54) is 5.56 Å². The van der Waals surface area contributed by atoms with Gasteiger partial charge in [0.05, 0.1) is 12.2 Å². The van der Waals surface area contributed by atoms with E-state index in [9.17, 15) is 4.79 Å². The zero-order chi connectivity index (χ0) is 17.9. The van der Waals surface area contributed by atoms with Gasteiger partial charge in [0, 0.05) is 38.2 Å². The summed E-state index contributed by atoms with van der Waals surface area (Å²) in [4.78, 5) is 17.1. The lowest BCUT2D eigenvalue weighted by molar-refractivity contribution is -0.141. The third-order valence-electron chi connectivity index (χ3n) is 5.77. The molecule has 0 spiro atoms. The molecule has 1 aromatic carbocycles. The van der Waals surface area contributed by atoms with Gasteiger partial charge in [0.2, 0.25) is 5.91 Å². The average molecular weight is 353 g/mol. The molecule has 0 unspecified atom stereocenters. The molecule has 5 nitrogen and oxygen atoms in total. The molecule has 4 rings (SSSR count). The van der Waals surface area contributed by atoms with Crippen LogP contribution in [0.2, 0.25) is 0 Å². The summed E-state index contributed by atoms with van der Waals surface area (Å²) < 4.78 is 5.37. The lowest BCUT2D eigenvalue weighted by Crippen LogP contribution is -2.56. The second kappa shape index (κ2) is 7.62. The van der Waals surface area contributed by atoms with Gasteiger partial charge in [-0.1, -0.05) is 35.5 Å². The molecule has 2 aliphatic rings. The van der Waals surface area contributed by atoms with Crippen molar-refractivity contribution in [3.05, 3.63) is 53.4 Å². The predicted molar refractivity (Wildman–Crippen MR) is 99.5 cm³/mol. The van der Waals surface area contributed by atoms with E-state index in [-0.39, 0.29) is 0 Å². The molecule has 0 aliphatic carbocycles. The average Bonchev–Trinajstić information content (AvgIpc) is 3.06. The number of hydrogen-bond acceptors (Lipinski definition) is 4. The summed E-state index contributed by atoms with van der Waals surface area (Å²) in [7, 11) is 0. The summed E-state index contributed by atoms with van der Waals surface area (Å²) in [6.45, 7) is 5.67. The number of piperidine rings is 2. The molecule has 0 N–H and O–H groups in total. The van der Waals surface area contributed by atoms with Crippen molar-refractivity contribution in [2.75, 3.05) is 19.6 Å². The number of aromatic nitrogens is 1. The van der Waals surface area contributed by atoms with Crippen molar-refractivity contribution in [2.45, 2.75) is 45.2 Å². The Morgan fingerprint density at radius 3 is 2.85 bits per heavy atom. The Hall–Kier alpha value is -2.14. The van der Waals surface area contributed by atoms with Gasteiger partial charge in [0.1, 0.15) is 0 Å². The van der Waals surface area contributed by atoms with Gasteiger partial charge in [-0.05, 0) is 37.7 Å². The van der Waals surface area contributed by atoms with Gasteiger partial charge >= 0.3 is 0 Å². The van der Waals surface area contributed by atoms with Gasteiger partial charge in [0.25, 0.3) is 0 Å². The largest absolute Gasteiger partial charge is 0.360 e. The first-order chi connectivity index (χ1) is 12.7. The van der Waals surface area contributed by atoms with Crippen molar-refractivity contribution < 1.29 is 9.32 Å². The number of benzene rings is 1. The second-order valence-electron chi connectivity index (χ2n) is 7.65. The molecule has 2 aliphatic heterocycles. The Bertz CT molecular complexity index is 743. The molecule has 1 aromatic heterocycles. The van der Waals surface area contributed by atoms with Crippen LogP contribution in [0.25, 0.3) is 0 Å². The van der Waals surface area contributed by atoms with Crippen molar-refractivity contribution >= 4 is 5.91 Å². The minimum atomic E-state index is 0.335. The van der Waals surface area contributed by atoms with Crippen LogP contribution in [0.4, 0.5) is 0 Å². The van der Waals surface area contributed by atoms with Crippen molar-refractivity contribution in [1.29, 1.82) is 0 Å². The molecule has 0 radical (unpaired) electrons. The van der Waals surface area contributed by atoms with E-state index in [1.807, 2.05) is 19.1 Å². The Morgan fingerprint density at radius 2 is 2.08 bits per heavy atom. The Kier molecular flexibility index (Phi) is 5.07. The summed E-state index contributed by atoms with van der Waals surface area (Å²) in [5.41, 5.74) is 2.24. The molecular formula is C21H27N3O2. The molecule has 0 saturated carbocycles. The van der Waals surface area contributed by atoms with E-state index in [1.54, 1.807) is 0 Å². The van der Waals surface area contributed by atoms with E-state index in [0.29, 0.717) is 24.3 Å². The summed E-state index contributed by atoms with van der Waals surface area (Å²) in [6, 6.07) is 12.9. The summed E-state index contributed by atoms with van der Waals surface area (Å²) in [5.74, 6) is 1.84. The van der Waals surface area contributed by atoms with Crippen LogP contribution in [0.1, 0.15) is 36.3 Å². The number of amides is 1. The topological polar surface area (TPSA) is 49.6 Å². The maximum absolute atomic E-state index is 12.5. The number of aryl methyl sites for hydroxylation is 1. The molecule has 0 bridgehead atoms. The number of rotatable bonds is 5. The summed E-state index contributed by atoms with van der Waals surface area (Å²) in [5, 5.41) is 3.98. The quantitative estimate of drug-likeness (QED) is 0.829. The smallest absolute Gasteiger partial charge is 0.222 e. The summed E-state index contributed by atoms with van der Waals surface area (Å²) in [6.07, 6.45) is 3.69. The molecular weight excluding hydrogens is 326 g/mol. The Morgan fingerprint density at radius 1 is 1.23 bits per heavy atom. The standard InChI is InChI=1S/C21H27N3O2/c1-16-13-19(26-22-16)15-23-11-10-20-18(14-23)7-8-21(25)24(20)12-9-17-5-3-2-4-6-17/h2-6,13,18,20H,7-12,14-15H2,1H3/t18-,20+/m0/s1. The van der Waals surface area contributed by atoms with Crippen molar-refractivity contribution in [1.82, 2.24) is 15.0 Å². The van der Waals surface area contributed by atoms with E-state index in [2.05, 4.69) is 39.2 Å². The number of likely N-dealkylation sites (tertiary alicyclic amines) is 2. The van der Waals surface area contributed by atoms with E-state index in [0.717, 1.165) is 56.9 Å². The van der Waals surface area contributed by atoms with Crippen molar-refractivity contribution in [3.63, 3.8) is 0 Å². The molecule has 2 fully saturated rings. The minimum absolute atomic E-state index is 0.335. The molecule has 3 heterocycles. The number of carbonyl (C=O) groups excluding carboxylic acids is 1. The Balaban J connectivity index is 1.37. The zero-order valence-corrected chi connectivity index (χ0v) is 15.4. The SMILES string of the molecule is Cc1cc(CN2CC[C@@H]3[C@@H](CCC(=O)N3CCc3ccccc3)C2)on1. The van der Waals surface area contributed by atoms with Crippen LogP contribution in [0.5, 0.6) is 0 Å². The van der Waals surface area contributed by atoms with Crippen LogP contribution in [-0.4, -0.2) is 46.5 Å². The highest BCUT2D eigenvalue weighted by Gasteiger charge is 2.39. The first-order valence-corrected chi connectivity index (χ1v) is 9.67. The maximum atomic E-state index is 12.5. The first-order valence-electron chi connectivity index (χ1n) is 9.67. The molecule has 138 valence electrons. The first kappa shape index (κ1) is 17.3. The van der Waals surface area contributed by atoms with Gasteiger partial charge in [-0.15, -0.1) is 0 Å². The molecule has 2 atom stereocenters. The van der Waals surface area contributed by atoms with Crippen molar-refractivity contribution in [3.8, 4) is 0 Å². The predicted octanol–water partition coefficient (Wildman–Crippen LogP) is 3.04. The number of carbonyl (C=O) groups is 1. The van der Waals surface area contributed by atoms with Crippen LogP contribution in [0, 0.1) is 12.8 Å². The number of nitrogens with zero attached hydrogens (tertiary/aromatic N) is 3. The second-order valence-corrected chi connectivity index (χ2v) is 7.65. The molecule has 26 heavy (non-hydrogen) atoms. The fraction of sp³-hybridized carbons (Fsp3) is 0.524. The van der Waals surface area contributed by atoms with Gasteiger partial charge in [-0.25, -0.2) is 0 Å². The van der Waals surface area contributed by atoms with Gasteiger partial charge in [0.15, 0.2) is 5.76 Å². The van der Waals surface area contributed by atoms with E-state index < -0.39 is 0 Å². The lowest BCUT2D eigenvalue weighted by atomic mass is 9.83. The van der Waals surface area contributed by atoms with Crippen LogP contribution >= 0.6 is 0 Å². The molecule has 2 aromatic rings. The molecule has 2 saturated heterocycles. The normalized spacial score (nSPS) is 23.9. The lowest BCUT2D eigenvalue weighted by Gasteiger charge is -2.47. The van der Waals surface area contributed by atoms with Gasteiger partial charge < -0.3 is 9.42 Å². The van der Waals surface area contributed by atoms with Crippen LogP contribution in [0.3, 0.4) is 0 Å². The minimum Gasteiger partial charge on any atom is -0.360 e. The molecule has 5 heteroatoms. The van der Waals surface area contributed by atoms with E-state index in [4.69, 9.17) is 4.52 Å². The Labute approximate surface area is 155 Å². The monoisotopic (exact) mass is 353 g/mol. The number of fused-ring (bicyclic) bond motifs is 1. The fourth-order valence-corrected chi connectivity index (χ4v) is 4.47. The third-order valence-corrected chi connectivity index (χ3v) is 5.77. The maximum Gasteiger partial charge on any atom is 0.222 e. The van der Waals surface area contributed by atoms with Crippen LogP contribution < -0.4 is 0 Å². The van der Waals surface area contributed by atoms with E-state index >= 15 is 0 Å².